The molecular weight excluding hydrogens is 162 g/mol. The van der Waals surface area contributed by atoms with Gasteiger partial charge in [0.25, 0.3) is 0 Å². The highest BCUT2D eigenvalue weighted by Gasteiger charge is 1.88. The molecule has 2 heteroatoms. The van der Waals surface area contributed by atoms with Crippen molar-refractivity contribution in [3.63, 3.8) is 0 Å². The Balaban J connectivity index is 4.06. The third-order valence-corrected chi connectivity index (χ3v) is 1.55. The molecule has 0 unspecified atom stereocenters. The summed E-state index contributed by atoms with van der Waals surface area (Å²) in [7, 11) is 1.53. The summed E-state index contributed by atoms with van der Waals surface area (Å²) in [6.07, 6.45) is 8.30. The lowest BCUT2D eigenvalue weighted by Gasteiger charge is -2.07. The summed E-state index contributed by atoms with van der Waals surface area (Å²) < 4.78 is 0. The zero-order valence-corrected chi connectivity index (χ0v) is 8.33. The van der Waals surface area contributed by atoms with Gasteiger partial charge in [-0.15, -0.1) is 6.58 Å². The average Bonchev–Trinajstić information content (AvgIpc) is 2.04. The summed E-state index contributed by atoms with van der Waals surface area (Å²) in [5.74, 6) is 0. The molecule has 0 rings (SSSR count). The molecule has 0 saturated carbocycles. The van der Waals surface area contributed by atoms with E-state index in [1.165, 1.54) is 12.6 Å². The van der Waals surface area contributed by atoms with Crippen LogP contribution in [0.2, 0.25) is 0 Å². The van der Waals surface area contributed by atoms with Gasteiger partial charge in [-0.2, -0.15) is 0 Å². The first-order valence-corrected chi connectivity index (χ1v) is 4.14. The summed E-state index contributed by atoms with van der Waals surface area (Å²) in [6.45, 7) is 9.30. The predicted octanol–water partition coefficient (Wildman–Crippen LogP) is 2.90. The van der Waals surface area contributed by atoms with Crippen molar-refractivity contribution < 1.29 is 5.21 Å². The molecule has 0 saturated heterocycles. The van der Waals surface area contributed by atoms with Gasteiger partial charge in [-0.3, -0.25) is 10.3 Å². The van der Waals surface area contributed by atoms with Crippen LogP contribution in [0.3, 0.4) is 0 Å². The fourth-order valence-corrected chi connectivity index (χ4v) is 0.727. The average molecular weight is 179 g/mol. The molecule has 0 amide bonds. The maximum Gasteiger partial charge on any atom is 0.0559 e. The van der Waals surface area contributed by atoms with Gasteiger partial charge < -0.3 is 0 Å². The zero-order chi connectivity index (χ0) is 10.3. The minimum Gasteiger partial charge on any atom is -0.289 e. The molecule has 0 aliphatic rings. The molecule has 1 N–H and O–H groups in total. The Morgan fingerprint density at radius 3 is 2.62 bits per heavy atom. The Bertz CT molecular complexity index is 236. The van der Waals surface area contributed by atoms with Crippen molar-refractivity contribution in [2.75, 3.05) is 7.05 Å². The van der Waals surface area contributed by atoms with Crippen molar-refractivity contribution in [1.82, 2.24) is 5.06 Å². The van der Waals surface area contributed by atoms with Crippen LogP contribution >= 0.6 is 0 Å². The maximum absolute atomic E-state index is 8.94. The number of allylic oxidation sites excluding steroid dienone is 5. The number of hydrogen-bond donors (Lipinski definition) is 1. The quantitative estimate of drug-likeness (QED) is 0.398. The maximum atomic E-state index is 8.94. The minimum atomic E-state index is 0.558. The first-order valence-electron chi connectivity index (χ1n) is 4.14. The topological polar surface area (TPSA) is 23.5 Å². The Morgan fingerprint density at radius 1 is 1.54 bits per heavy atom. The van der Waals surface area contributed by atoms with Crippen LogP contribution in [0.15, 0.2) is 48.7 Å². The van der Waals surface area contributed by atoms with Gasteiger partial charge in [0.15, 0.2) is 0 Å². The van der Waals surface area contributed by atoms with Crippen molar-refractivity contribution in [3.8, 4) is 0 Å². The van der Waals surface area contributed by atoms with E-state index in [2.05, 4.69) is 13.2 Å². The number of likely N-dealkylation sites (N-methyl/N-ethyl adjacent to an activating group) is 1. The fourth-order valence-electron chi connectivity index (χ4n) is 0.727. The molecule has 0 aliphatic carbocycles. The molecule has 0 heterocycles. The summed E-state index contributed by atoms with van der Waals surface area (Å²) in [4.78, 5) is 0. The van der Waals surface area contributed by atoms with Crippen molar-refractivity contribution >= 4 is 0 Å². The molecule has 2 nitrogen and oxygen atoms in total. The Morgan fingerprint density at radius 2 is 2.15 bits per heavy atom. The molecule has 13 heavy (non-hydrogen) atoms. The molecule has 72 valence electrons. The van der Waals surface area contributed by atoms with E-state index in [0.29, 0.717) is 5.70 Å². The monoisotopic (exact) mass is 179 g/mol. The van der Waals surface area contributed by atoms with E-state index in [1.807, 2.05) is 25.2 Å². The van der Waals surface area contributed by atoms with Crippen molar-refractivity contribution in [2.45, 2.75) is 13.3 Å². The van der Waals surface area contributed by atoms with E-state index < -0.39 is 0 Å². The van der Waals surface area contributed by atoms with E-state index in [1.54, 1.807) is 6.08 Å². The highest BCUT2D eigenvalue weighted by Crippen LogP contribution is 2.02. The summed E-state index contributed by atoms with van der Waals surface area (Å²) in [6, 6.07) is 0. The van der Waals surface area contributed by atoms with Crippen LogP contribution in [0.4, 0.5) is 0 Å². The first-order chi connectivity index (χ1) is 6.07. The molecule has 0 spiro atoms. The van der Waals surface area contributed by atoms with E-state index in [9.17, 15) is 0 Å². The van der Waals surface area contributed by atoms with Crippen LogP contribution in [-0.4, -0.2) is 17.3 Å². The molecule has 0 aromatic rings. The third-order valence-electron chi connectivity index (χ3n) is 1.55. The van der Waals surface area contributed by atoms with Crippen LogP contribution < -0.4 is 0 Å². The molecule has 0 aromatic heterocycles. The smallest absolute Gasteiger partial charge is 0.0559 e. The second-order valence-corrected chi connectivity index (χ2v) is 2.88. The van der Waals surface area contributed by atoms with Gasteiger partial charge in [0.1, 0.15) is 0 Å². The molecule has 0 fully saturated rings. The van der Waals surface area contributed by atoms with Gasteiger partial charge in [-0.05, 0) is 19.4 Å². The van der Waals surface area contributed by atoms with Gasteiger partial charge in [0.2, 0.25) is 0 Å². The van der Waals surface area contributed by atoms with E-state index in [4.69, 9.17) is 5.21 Å². The van der Waals surface area contributed by atoms with Crippen LogP contribution in [0, 0.1) is 0 Å². The second-order valence-electron chi connectivity index (χ2n) is 2.88. The molecule has 0 radical (unpaired) electrons. The number of rotatable bonds is 5. The van der Waals surface area contributed by atoms with Crippen molar-refractivity contribution in [2.24, 2.45) is 0 Å². The van der Waals surface area contributed by atoms with Crippen molar-refractivity contribution in [1.29, 1.82) is 0 Å². The van der Waals surface area contributed by atoms with Gasteiger partial charge in [0.05, 0.1) is 5.70 Å². The van der Waals surface area contributed by atoms with Crippen LogP contribution in [0.25, 0.3) is 0 Å². The summed E-state index contributed by atoms with van der Waals surface area (Å²) in [5, 5.41) is 9.91. The highest BCUT2D eigenvalue weighted by atomic mass is 16.5. The van der Waals surface area contributed by atoms with E-state index >= 15 is 0 Å². The van der Waals surface area contributed by atoms with Gasteiger partial charge in [0, 0.05) is 7.05 Å². The summed E-state index contributed by atoms with van der Waals surface area (Å²) >= 11 is 0. The molecule has 0 atom stereocenters. The molecule has 0 bridgehead atoms. The third kappa shape index (κ3) is 5.93. The van der Waals surface area contributed by atoms with Gasteiger partial charge in [-0.1, -0.05) is 30.4 Å². The van der Waals surface area contributed by atoms with Crippen LogP contribution in [0.1, 0.15) is 13.3 Å². The summed E-state index contributed by atoms with van der Waals surface area (Å²) in [5.41, 5.74) is 1.78. The van der Waals surface area contributed by atoms with Gasteiger partial charge in [-0.25, -0.2) is 0 Å². The Kier molecular flexibility index (Phi) is 5.64. The fraction of sp³-hybridized carbons (Fsp3) is 0.273. The molecule has 0 aromatic carbocycles. The normalized spacial score (nSPS) is 11.8. The zero-order valence-electron chi connectivity index (χ0n) is 8.33. The predicted molar refractivity (Wildman–Crippen MR) is 56.4 cm³/mol. The Labute approximate surface area is 80.1 Å². The lowest BCUT2D eigenvalue weighted by atomic mass is 10.2. The van der Waals surface area contributed by atoms with Crippen LogP contribution in [-0.2, 0) is 0 Å². The number of hydroxylamine groups is 2. The van der Waals surface area contributed by atoms with E-state index in [0.717, 1.165) is 11.5 Å². The first kappa shape index (κ1) is 11.7. The molecular formula is C11H17NO. The lowest BCUT2D eigenvalue weighted by Crippen LogP contribution is -2.08. The SMILES string of the molecule is C=CC/C(C)=C/C=C\C(=C)N(C)O. The minimum absolute atomic E-state index is 0.558. The highest BCUT2D eigenvalue weighted by molar-refractivity contribution is 5.20. The molecule has 0 aliphatic heterocycles. The largest absolute Gasteiger partial charge is 0.289 e. The standard InChI is InChI=1S/C11H17NO/c1-5-7-10(2)8-6-9-11(3)12(4)13/h5-6,8-9,13H,1,3,7H2,2,4H3/b9-6-,10-8+. The van der Waals surface area contributed by atoms with Crippen LogP contribution in [0.5, 0.6) is 0 Å². The number of nitrogens with zero attached hydrogens (tertiary/aromatic N) is 1. The van der Waals surface area contributed by atoms with E-state index in [-0.39, 0.29) is 0 Å². The Hall–Kier alpha value is -1.28. The lowest BCUT2D eigenvalue weighted by molar-refractivity contribution is -0.0231. The second kappa shape index (κ2) is 6.26. The van der Waals surface area contributed by atoms with Gasteiger partial charge >= 0.3 is 0 Å². The van der Waals surface area contributed by atoms with Crippen molar-refractivity contribution in [3.05, 3.63) is 48.7 Å². The number of hydrogen-bond acceptors (Lipinski definition) is 2.